The van der Waals surface area contributed by atoms with E-state index in [0.717, 1.165) is 12.8 Å². The van der Waals surface area contributed by atoms with Crippen LogP contribution in [0.3, 0.4) is 0 Å². The van der Waals surface area contributed by atoms with Crippen molar-refractivity contribution in [3.63, 3.8) is 0 Å². The smallest absolute Gasteiger partial charge is 0.0515 e. The van der Waals surface area contributed by atoms with Gasteiger partial charge in [0, 0.05) is 17.1 Å². The molecule has 74 valence electrons. The van der Waals surface area contributed by atoms with Crippen LogP contribution in [-0.4, -0.2) is 16.2 Å². The number of H-pyrrole nitrogens is 1. The summed E-state index contributed by atoms with van der Waals surface area (Å²) in [7, 11) is 0. The second kappa shape index (κ2) is 3.84. The third-order valence-electron chi connectivity index (χ3n) is 2.52. The number of aliphatic hydroxyl groups is 1. The molecule has 0 saturated carbocycles. The molecule has 0 spiro atoms. The van der Waals surface area contributed by atoms with Gasteiger partial charge >= 0.3 is 0 Å². The molecule has 0 saturated heterocycles. The quantitative estimate of drug-likeness (QED) is 0.764. The predicted octanol–water partition coefficient (Wildman–Crippen LogP) is 2.48. The van der Waals surface area contributed by atoms with E-state index in [1.54, 1.807) is 0 Å². The lowest BCUT2D eigenvalue weighted by molar-refractivity contribution is 0.185. The molecule has 0 aliphatic carbocycles. The Morgan fingerprint density at radius 3 is 3.00 bits per heavy atom. The monoisotopic (exact) mass is 189 g/mol. The van der Waals surface area contributed by atoms with Crippen LogP contribution in [0.25, 0.3) is 10.9 Å². The second-order valence-electron chi connectivity index (χ2n) is 3.74. The zero-order valence-electron chi connectivity index (χ0n) is 8.33. The number of hydrogen-bond donors (Lipinski definition) is 2. The lowest BCUT2D eigenvalue weighted by Gasteiger charge is -2.05. The first-order valence-corrected chi connectivity index (χ1v) is 5.00. The number of aryl methyl sites for hydroxylation is 1. The molecule has 0 bridgehead atoms. The fourth-order valence-electron chi connectivity index (χ4n) is 1.73. The van der Waals surface area contributed by atoms with Gasteiger partial charge in [0.2, 0.25) is 0 Å². The van der Waals surface area contributed by atoms with Crippen LogP contribution in [0.5, 0.6) is 0 Å². The molecule has 1 aromatic carbocycles. The molecule has 1 aromatic heterocycles. The van der Waals surface area contributed by atoms with Gasteiger partial charge in [0.05, 0.1) is 6.10 Å². The van der Waals surface area contributed by atoms with E-state index in [2.05, 4.69) is 29.2 Å². The van der Waals surface area contributed by atoms with Crippen LogP contribution >= 0.6 is 0 Å². The normalized spacial score (nSPS) is 13.3. The highest BCUT2D eigenvalue weighted by atomic mass is 16.3. The molecule has 2 rings (SSSR count). The maximum Gasteiger partial charge on any atom is 0.0515 e. The van der Waals surface area contributed by atoms with Crippen LogP contribution in [0.4, 0.5) is 0 Å². The largest absolute Gasteiger partial charge is 0.393 e. The number of aromatic amines is 1. The second-order valence-corrected chi connectivity index (χ2v) is 3.74. The number of aliphatic hydroxyl groups excluding tert-OH is 1. The summed E-state index contributed by atoms with van der Waals surface area (Å²) in [5, 5.41) is 10.5. The van der Waals surface area contributed by atoms with E-state index in [9.17, 15) is 5.11 Å². The van der Waals surface area contributed by atoms with Crippen LogP contribution in [0.1, 0.15) is 18.9 Å². The van der Waals surface area contributed by atoms with Crippen molar-refractivity contribution in [2.45, 2.75) is 25.9 Å². The highest BCUT2D eigenvalue weighted by Crippen LogP contribution is 2.18. The Balaban J connectivity index is 2.27. The molecular formula is C12H15NO. The van der Waals surface area contributed by atoms with Crippen molar-refractivity contribution in [3.8, 4) is 0 Å². The minimum Gasteiger partial charge on any atom is -0.393 e. The van der Waals surface area contributed by atoms with Gasteiger partial charge in [0.25, 0.3) is 0 Å². The van der Waals surface area contributed by atoms with Gasteiger partial charge in [0.15, 0.2) is 0 Å². The summed E-state index contributed by atoms with van der Waals surface area (Å²) in [5.41, 5.74) is 2.48. The zero-order chi connectivity index (χ0) is 9.97. The molecule has 0 amide bonds. The third-order valence-corrected chi connectivity index (χ3v) is 2.52. The van der Waals surface area contributed by atoms with Crippen LogP contribution in [0, 0.1) is 0 Å². The van der Waals surface area contributed by atoms with Crippen molar-refractivity contribution in [1.82, 2.24) is 4.98 Å². The van der Waals surface area contributed by atoms with Gasteiger partial charge in [-0.25, -0.2) is 0 Å². The predicted molar refractivity (Wildman–Crippen MR) is 58.3 cm³/mol. The maximum atomic E-state index is 9.23. The Bertz CT molecular complexity index is 417. The summed E-state index contributed by atoms with van der Waals surface area (Å²) in [6.45, 7) is 1.83. The summed E-state index contributed by atoms with van der Waals surface area (Å²) in [4.78, 5) is 3.19. The zero-order valence-corrected chi connectivity index (χ0v) is 8.33. The lowest BCUT2D eigenvalue weighted by atomic mass is 10.0. The summed E-state index contributed by atoms with van der Waals surface area (Å²) in [6, 6.07) is 8.34. The summed E-state index contributed by atoms with van der Waals surface area (Å²) in [6.07, 6.45) is 3.50. The Kier molecular flexibility index (Phi) is 2.55. The van der Waals surface area contributed by atoms with E-state index >= 15 is 0 Å². The fourth-order valence-corrected chi connectivity index (χ4v) is 1.73. The Morgan fingerprint density at radius 2 is 2.21 bits per heavy atom. The van der Waals surface area contributed by atoms with Crippen LogP contribution in [0.15, 0.2) is 30.5 Å². The van der Waals surface area contributed by atoms with Gasteiger partial charge in [-0.1, -0.05) is 12.1 Å². The molecule has 0 aliphatic heterocycles. The van der Waals surface area contributed by atoms with Gasteiger partial charge in [-0.2, -0.15) is 0 Å². The molecule has 0 radical (unpaired) electrons. The Labute approximate surface area is 83.6 Å². The van der Waals surface area contributed by atoms with Crippen molar-refractivity contribution >= 4 is 10.9 Å². The molecule has 2 N–H and O–H groups in total. The molecule has 2 heteroatoms. The number of fused-ring (bicyclic) bond motifs is 1. The third kappa shape index (κ3) is 1.80. The van der Waals surface area contributed by atoms with Crippen molar-refractivity contribution in [2.24, 2.45) is 0 Å². The Hall–Kier alpha value is -1.28. The SMILES string of the molecule is CC(O)CCc1cccc2[nH]ccc12. The van der Waals surface area contributed by atoms with Crippen molar-refractivity contribution in [3.05, 3.63) is 36.0 Å². The Morgan fingerprint density at radius 1 is 1.36 bits per heavy atom. The standard InChI is InChI=1S/C12H15NO/c1-9(14)5-6-10-3-2-4-12-11(10)7-8-13-12/h2-4,7-9,13-14H,5-6H2,1H3. The molecule has 1 heterocycles. The molecule has 2 aromatic rings. The van der Waals surface area contributed by atoms with Gasteiger partial charge in [-0.15, -0.1) is 0 Å². The highest BCUT2D eigenvalue weighted by molar-refractivity contribution is 5.82. The van der Waals surface area contributed by atoms with E-state index < -0.39 is 0 Å². The van der Waals surface area contributed by atoms with Crippen molar-refractivity contribution in [1.29, 1.82) is 0 Å². The van der Waals surface area contributed by atoms with Crippen LogP contribution in [0.2, 0.25) is 0 Å². The fraction of sp³-hybridized carbons (Fsp3) is 0.333. The minimum absolute atomic E-state index is 0.218. The molecular weight excluding hydrogens is 174 g/mol. The number of aromatic nitrogens is 1. The van der Waals surface area contributed by atoms with E-state index in [4.69, 9.17) is 0 Å². The lowest BCUT2D eigenvalue weighted by Crippen LogP contribution is -2.01. The summed E-state index contributed by atoms with van der Waals surface area (Å²) < 4.78 is 0. The van der Waals surface area contributed by atoms with Gasteiger partial charge < -0.3 is 10.1 Å². The van der Waals surface area contributed by atoms with Gasteiger partial charge in [-0.05, 0) is 37.5 Å². The topological polar surface area (TPSA) is 36.0 Å². The van der Waals surface area contributed by atoms with E-state index in [1.165, 1.54) is 16.5 Å². The first kappa shape index (κ1) is 9.28. The summed E-state index contributed by atoms with van der Waals surface area (Å²) >= 11 is 0. The molecule has 1 atom stereocenters. The number of benzene rings is 1. The number of hydrogen-bond acceptors (Lipinski definition) is 1. The summed E-state index contributed by atoms with van der Waals surface area (Å²) in [5.74, 6) is 0. The minimum atomic E-state index is -0.218. The van der Waals surface area contributed by atoms with Crippen LogP contribution in [-0.2, 0) is 6.42 Å². The maximum absolute atomic E-state index is 9.23. The van der Waals surface area contributed by atoms with Gasteiger partial charge in [-0.3, -0.25) is 0 Å². The average molecular weight is 189 g/mol. The van der Waals surface area contributed by atoms with Crippen molar-refractivity contribution in [2.75, 3.05) is 0 Å². The van der Waals surface area contributed by atoms with Crippen LogP contribution < -0.4 is 0 Å². The van der Waals surface area contributed by atoms with E-state index in [1.807, 2.05) is 13.1 Å². The highest BCUT2D eigenvalue weighted by Gasteiger charge is 2.02. The number of rotatable bonds is 3. The molecule has 0 aliphatic rings. The first-order chi connectivity index (χ1) is 6.77. The molecule has 14 heavy (non-hydrogen) atoms. The molecule has 1 unspecified atom stereocenters. The number of nitrogens with one attached hydrogen (secondary N) is 1. The average Bonchev–Trinajstić information content (AvgIpc) is 2.62. The molecule has 0 fully saturated rings. The van der Waals surface area contributed by atoms with Crippen molar-refractivity contribution < 1.29 is 5.11 Å². The first-order valence-electron chi connectivity index (χ1n) is 5.00. The van der Waals surface area contributed by atoms with Gasteiger partial charge in [0.1, 0.15) is 0 Å². The molecule has 2 nitrogen and oxygen atoms in total. The van der Waals surface area contributed by atoms with E-state index in [0.29, 0.717) is 0 Å². The van der Waals surface area contributed by atoms with E-state index in [-0.39, 0.29) is 6.10 Å².